The van der Waals surface area contributed by atoms with Gasteiger partial charge in [0.2, 0.25) is 0 Å². The highest BCUT2D eigenvalue weighted by molar-refractivity contribution is 5.32. The monoisotopic (exact) mass is 199 g/mol. The van der Waals surface area contributed by atoms with E-state index in [1.54, 1.807) is 12.3 Å². The minimum Gasteiger partial charge on any atom is -0.508 e. The molecule has 0 fully saturated rings. The summed E-state index contributed by atoms with van der Waals surface area (Å²) in [6.45, 7) is 0. The maximum Gasteiger partial charge on any atom is 0.118 e. The fraction of sp³-hybridized carbons (Fsp3) is 0.154. The Balaban J connectivity index is 2.03. The average Bonchev–Trinajstić information content (AvgIpc) is 2.29. The molecule has 2 rings (SSSR count). The van der Waals surface area contributed by atoms with Crippen LogP contribution in [0.25, 0.3) is 0 Å². The van der Waals surface area contributed by atoms with Crippen LogP contribution in [-0.2, 0) is 12.8 Å². The Morgan fingerprint density at radius 1 is 0.933 bits per heavy atom. The molecule has 1 N–H and O–H groups in total. The van der Waals surface area contributed by atoms with Crippen molar-refractivity contribution in [2.24, 2.45) is 0 Å². The molecule has 0 unspecified atom stereocenters. The zero-order valence-electron chi connectivity index (χ0n) is 8.43. The Morgan fingerprint density at radius 3 is 2.47 bits per heavy atom. The van der Waals surface area contributed by atoms with E-state index in [4.69, 9.17) is 0 Å². The summed E-state index contributed by atoms with van der Waals surface area (Å²) in [7, 11) is 0. The van der Waals surface area contributed by atoms with Gasteiger partial charge in [-0.25, -0.2) is 0 Å². The van der Waals surface area contributed by atoms with Gasteiger partial charge in [0.25, 0.3) is 0 Å². The van der Waals surface area contributed by atoms with Gasteiger partial charge in [-0.15, -0.1) is 0 Å². The number of aromatic hydroxyl groups is 1. The highest BCUT2D eigenvalue weighted by Gasteiger charge is 2.00. The van der Waals surface area contributed by atoms with E-state index >= 15 is 0 Å². The number of phenolic OH excluding ortho intramolecular Hbond substituents is 1. The third-order valence-corrected chi connectivity index (χ3v) is 2.37. The zero-order valence-corrected chi connectivity index (χ0v) is 8.43. The highest BCUT2D eigenvalue weighted by Crippen LogP contribution is 2.17. The van der Waals surface area contributed by atoms with Crippen LogP contribution in [0.2, 0.25) is 0 Å². The maximum atomic E-state index is 9.57. The van der Waals surface area contributed by atoms with Gasteiger partial charge in [-0.1, -0.05) is 24.3 Å². The summed E-state index contributed by atoms with van der Waals surface area (Å²) < 4.78 is 0. The Kier molecular flexibility index (Phi) is 2.98. The van der Waals surface area contributed by atoms with Crippen LogP contribution in [0.4, 0.5) is 0 Å². The normalized spacial score (nSPS) is 10.1. The number of pyridine rings is 1. The Labute approximate surface area is 89.2 Å². The summed E-state index contributed by atoms with van der Waals surface area (Å²) in [5, 5.41) is 9.57. The van der Waals surface area contributed by atoms with E-state index in [1.165, 1.54) is 0 Å². The molecule has 0 aliphatic carbocycles. The van der Waals surface area contributed by atoms with Gasteiger partial charge >= 0.3 is 0 Å². The molecule has 2 aromatic rings. The second-order valence-corrected chi connectivity index (χ2v) is 3.45. The van der Waals surface area contributed by atoms with Crippen molar-refractivity contribution in [3.63, 3.8) is 0 Å². The van der Waals surface area contributed by atoms with Crippen LogP contribution in [0, 0.1) is 0 Å². The summed E-state index contributed by atoms with van der Waals surface area (Å²) in [6.07, 6.45) is 3.47. The lowest BCUT2D eigenvalue weighted by atomic mass is 10.1. The predicted octanol–water partition coefficient (Wildman–Crippen LogP) is 2.57. The van der Waals surface area contributed by atoms with Crippen LogP contribution in [-0.4, -0.2) is 10.1 Å². The van der Waals surface area contributed by atoms with Gasteiger partial charge in [0.15, 0.2) is 0 Å². The number of benzene rings is 1. The van der Waals surface area contributed by atoms with E-state index in [9.17, 15) is 5.11 Å². The first-order valence-electron chi connectivity index (χ1n) is 5.03. The molecule has 0 aliphatic rings. The SMILES string of the molecule is Oc1ccccc1CCc1ccccn1. The first kappa shape index (κ1) is 9.71. The second-order valence-electron chi connectivity index (χ2n) is 3.45. The van der Waals surface area contributed by atoms with Crippen LogP contribution in [0.3, 0.4) is 0 Å². The van der Waals surface area contributed by atoms with Crippen LogP contribution < -0.4 is 0 Å². The molecule has 0 aliphatic heterocycles. The third-order valence-electron chi connectivity index (χ3n) is 2.37. The predicted molar refractivity (Wildman–Crippen MR) is 59.8 cm³/mol. The Bertz CT molecular complexity index is 426. The van der Waals surface area contributed by atoms with E-state index in [1.807, 2.05) is 36.4 Å². The van der Waals surface area contributed by atoms with Crippen LogP contribution >= 0.6 is 0 Å². The molecule has 0 saturated carbocycles. The molecule has 0 saturated heterocycles. The molecule has 1 heterocycles. The molecule has 0 amide bonds. The smallest absolute Gasteiger partial charge is 0.118 e. The summed E-state index contributed by atoms with van der Waals surface area (Å²) in [5.41, 5.74) is 2.03. The maximum absolute atomic E-state index is 9.57. The topological polar surface area (TPSA) is 33.1 Å². The molecule has 0 radical (unpaired) electrons. The first-order valence-corrected chi connectivity index (χ1v) is 5.03. The fourth-order valence-electron chi connectivity index (χ4n) is 1.53. The third kappa shape index (κ3) is 2.56. The van der Waals surface area contributed by atoms with Gasteiger partial charge in [-0.05, 0) is 36.6 Å². The van der Waals surface area contributed by atoms with Gasteiger partial charge in [-0.3, -0.25) is 4.98 Å². The number of aryl methyl sites for hydroxylation is 2. The first-order chi connectivity index (χ1) is 7.36. The molecular formula is C13H13NO. The van der Waals surface area contributed by atoms with Crippen molar-refractivity contribution in [1.29, 1.82) is 0 Å². The molecule has 0 spiro atoms. The minimum absolute atomic E-state index is 0.369. The zero-order chi connectivity index (χ0) is 10.5. The van der Waals surface area contributed by atoms with Crippen molar-refractivity contribution in [2.75, 3.05) is 0 Å². The number of hydrogen-bond donors (Lipinski definition) is 1. The molecule has 0 bridgehead atoms. The molecule has 76 valence electrons. The molecule has 2 nitrogen and oxygen atoms in total. The Morgan fingerprint density at radius 2 is 1.73 bits per heavy atom. The van der Waals surface area contributed by atoms with Crippen molar-refractivity contribution >= 4 is 0 Å². The Hall–Kier alpha value is -1.83. The van der Waals surface area contributed by atoms with Crippen LogP contribution in [0.1, 0.15) is 11.3 Å². The van der Waals surface area contributed by atoms with E-state index in [0.717, 1.165) is 24.1 Å². The molecule has 0 atom stereocenters. The number of hydrogen-bond acceptors (Lipinski definition) is 2. The number of aromatic nitrogens is 1. The largest absolute Gasteiger partial charge is 0.508 e. The van der Waals surface area contributed by atoms with Crippen molar-refractivity contribution in [2.45, 2.75) is 12.8 Å². The summed E-state index contributed by atoms with van der Waals surface area (Å²) >= 11 is 0. The van der Waals surface area contributed by atoms with Gasteiger partial charge < -0.3 is 5.11 Å². The highest BCUT2D eigenvalue weighted by atomic mass is 16.3. The van der Waals surface area contributed by atoms with Crippen molar-refractivity contribution < 1.29 is 5.11 Å². The van der Waals surface area contributed by atoms with E-state index < -0.39 is 0 Å². The molecule has 1 aromatic carbocycles. The fourth-order valence-corrected chi connectivity index (χ4v) is 1.53. The number of phenols is 1. The van der Waals surface area contributed by atoms with E-state index in [0.29, 0.717) is 5.75 Å². The van der Waals surface area contributed by atoms with E-state index in [-0.39, 0.29) is 0 Å². The second kappa shape index (κ2) is 4.60. The quantitative estimate of drug-likeness (QED) is 0.824. The number of rotatable bonds is 3. The molecule has 1 aromatic heterocycles. The van der Waals surface area contributed by atoms with E-state index in [2.05, 4.69) is 4.98 Å². The van der Waals surface area contributed by atoms with Crippen molar-refractivity contribution in [1.82, 2.24) is 4.98 Å². The van der Waals surface area contributed by atoms with Crippen LogP contribution in [0.5, 0.6) is 5.75 Å². The molecule has 2 heteroatoms. The van der Waals surface area contributed by atoms with Crippen LogP contribution in [0.15, 0.2) is 48.7 Å². The minimum atomic E-state index is 0.369. The lowest BCUT2D eigenvalue weighted by molar-refractivity contribution is 0.468. The summed E-state index contributed by atoms with van der Waals surface area (Å²) in [5.74, 6) is 0.369. The van der Waals surface area contributed by atoms with Crippen molar-refractivity contribution in [3.05, 3.63) is 59.9 Å². The van der Waals surface area contributed by atoms with Crippen molar-refractivity contribution in [3.8, 4) is 5.75 Å². The molecule has 15 heavy (non-hydrogen) atoms. The standard InChI is InChI=1S/C13H13NO/c15-13-7-2-1-5-11(13)8-9-12-6-3-4-10-14-12/h1-7,10,15H,8-9H2. The lowest BCUT2D eigenvalue weighted by Gasteiger charge is -2.03. The van der Waals surface area contributed by atoms with Gasteiger partial charge in [-0.2, -0.15) is 0 Å². The summed E-state index contributed by atoms with van der Waals surface area (Å²) in [6, 6.07) is 13.3. The summed E-state index contributed by atoms with van der Waals surface area (Å²) in [4.78, 5) is 4.24. The van der Waals surface area contributed by atoms with Gasteiger partial charge in [0, 0.05) is 11.9 Å². The average molecular weight is 199 g/mol. The molecular weight excluding hydrogens is 186 g/mol. The van der Waals surface area contributed by atoms with Gasteiger partial charge in [0.05, 0.1) is 0 Å². The number of nitrogens with zero attached hydrogens (tertiary/aromatic N) is 1. The lowest BCUT2D eigenvalue weighted by Crippen LogP contribution is -1.93. The number of para-hydroxylation sites is 1. The van der Waals surface area contributed by atoms with Gasteiger partial charge in [0.1, 0.15) is 5.75 Å².